The number of rotatable bonds is 30. The third-order valence-corrected chi connectivity index (χ3v) is 7.30. The first-order valence-corrected chi connectivity index (χ1v) is 16.2. The molecule has 0 bridgehead atoms. The van der Waals surface area contributed by atoms with Crippen LogP contribution in [0.3, 0.4) is 0 Å². The van der Waals surface area contributed by atoms with Crippen LogP contribution < -0.4 is 10.6 Å². The largest absolute Gasteiger partial charge is 0.316 e. The van der Waals surface area contributed by atoms with Gasteiger partial charge in [-0.2, -0.15) is 0 Å². The molecule has 1 atom stereocenters. The van der Waals surface area contributed by atoms with Crippen LogP contribution >= 0.6 is 0 Å². The third kappa shape index (κ3) is 27.6. The average molecular weight is 528 g/mol. The van der Waals surface area contributed by atoms with Crippen molar-refractivity contribution in [3.63, 3.8) is 0 Å². The summed E-state index contributed by atoms with van der Waals surface area (Å²) in [7, 11) is 0. The molecule has 0 aliphatic rings. The van der Waals surface area contributed by atoms with Gasteiger partial charge in [-0.3, -0.25) is 0 Å². The highest BCUT2D eigenvalue weighted by atomic mass is 14.9. The maximum atomic E-state index is 8.32. The van der Waals surface area contributed by atoms with Crippen molar-refractivity contribution in [1.82, 2.24) is 10.6 Å². The molecule has 0 heterocycles. The highest BCUT2D eigenvalue weighted by Crippen LogP contribution is 2.23. The number of hydrogen-bond acceptors (Lipinski definition) is 3. The Bertz CT molecular complexity index is 604. The van der Waals surface area contributed by atoms with Crippen molar-refractivity contribution in [2.24, 2.45) is 5.92 Å². The first-order valence-electron chi connectivity index (χ1n) is 16.2. The number of nitrogens with one attached hydrogen (secondary N) is 3. The van der Waals surface area contributed by atoms with Gasteiger partial charge in [0.25, 0.3) is 0 Å². The van der Waals surface area contributed by atoms with E-state index < -0.39 is 0 Å². The van der Waals surface area contributed by atoms with Gasteiger partial charge >= 0.3 is 0 Å². The zero-order valence-corrected chi connectivity index (χ0v) is 25.6. The molecule has 0 saturated heterocycles. The lowest BCUT2D eigenvalue weighted by atomic mass is 9.90. The predicted octanol–water partition coefficient (Wildman–Crippen LogP) is 10.1. The summed E-state index contributed by atoms with van der Waals surface area (Å²) in [6.07, 6.45) is 34.3. The molecule has 0 saturated carbocycles. The van der Waals surface area contributed by atoms with Gasteiger partial charge in [-0.15, -0.1) is 6.58 Å². The van der Waals surface area contributed by atoms with Crippen LogP contribution in [0.5, 0.6) is 0 Å². The van der Waals surface area contributed by atoms with Gasteiger partial charge in [-0.25, -0.2) is 0 Å². The van der Waals surface area contributed by atoms with E-state index in [0.717, 1.165) is 76.8 Å². The topological polar surface area (TPSA) is 47.9 Å². The zero-order chi connectivity index (χ0) is 27.9. The molecule has 38 heavy (non-hydrogen) atoms. The van der Waals surface area contributed by atoms with Crippen LogP contribution in [0.15, 0.2) is 49.1 Å². The summed E-state index contributed by atoms with van der Waals surface area (Å²) in [6, 6.07) is 0. The van der Waals surface area contributed by atoms with E-state index >= 15 is 0 Å². The van der Waals surface area contributed by atoms with Crippen molar-refractivity contribution < 1.29 is 0 Å². The summed E-state index contributed by atoms with van der Waals surface area (Å²) in [5, 5.41) is 15.1. The molecule has 1 unspecified atom stereocenters. The summed E-state index contributed by atoms with van der Waals surface area (Å²) in [4.78, 5) is 0. The molecule has 220 valence electrons. The SMILES string of the molecule is C=CCC(CCC(=C)CCCCCCC/C=C\C/C=C\CCCCC)CCC(=N)CCCNCCNCC. The monoisotopic (exact) mass is 528 g/mol. The molecule has 0 aromatic rings. The first-order chi connectivity index (χ1) is 18.6. The third-order valence-electron chi connectivity index (χ3n) is 7.30. The average Bonchev–Trinajstić information content (AvgIpc) is 2.91. The van der Waals surface area contributed by atoms with Crippen LogP contribution in [0.4, 0.5) is 0 Å². The maximum Gasteiger partial charge on any atom is 0.00897 e. The number of unbranched alkanes of at least 4 members (excludes halogenated alkanes) is 8. The molecule has 3 heteroatoms. The number of likely N-dealkylation sites (N-methyl/N-ethyl adjacent to an activating group) is 1. The van der Waals surface area contributed by atoms with Gasteiger partial charge in [-0.05, 0) is 109 Å². The first kappa shape index (κ1) is 36.5. The molecule has 0 aliphatic carbocycles. The van der Waals surface area contributed by atoms with Crippen molar-refractivity contribution in [3.05, 3.63) is 49.1 Å². The van der Waals surface area contributed by atoms with Crippen molar-refractivity contribution in [2.45, 2.75) is 136 Å². The van der Waals surface area contributed by atoms with Gasteiger partial charge < -0.3 is 16.0 Å². The Morgan fingerprint density at radius 1 is 0.711 bits per heavy atom. The Morgan fingerprint density at radius 2 is 1.37 bits per heavy atom. The Morgan fingerprint density at radius 3 is 2.08 bits per heavy atom. The molecule has 3 N–H and O–H groups in total. The molecule has 3 nitrogen and oxygen atoms in total. The smallest absolute Gasteiger partial charge is 0.00897 e. The normalized spacial score (nSPS) is 12.5. The fourth-order valence-electron chi connectivity index (χ4n) is 4.74. The van der Waals surface area contributed by atoms with Crippen LogP contribution in [-0.2, 0) is 0 Å². The molecular weight excluding hydrogens is 462 g/mol. The summed E-state index contributed by atoms with van der Waals surface area (Å²) in [5.74, 6) is 0.646. The van der Waals surface area contributed by atoms with Crippen molar-refractivity contribution in [2.75, 3.05) is 26.2 Å². The molecule has 0 fully saturated rings. The highest BCUT2D eigenvalue weighted by molar-refractivity contribution is 5.81. The number of allylic oxidation sites excluding steroid dienone is 6. The lowest BCUT2D eigenvalue weighted by molar-refractivity contribution is 0.458. The minimum absolute atomic E-state index is 0.646. The van der Waals surface area contributed by atoms with Gasteiger partial charge in [0.05, 0.1) is 0 Å². The number of hydrogen-bond donors (Lipinski definition) is 3. The lowest BCUT2D eigenvalue weighted by Crippen LogP contribution is -2.27. The second kappa shape index (κ2) is 30.1. The van der Waals surface area contributed by atoms with Gasteiger partial charge in [-0.1, -0.05) is 88.5 Å². The van der Waals surface area contributed by atoms with E-state index in [1.54, 1.807) is 0 Å². The van der Waals surface area contributed by atoms with Crippen LogP contribution in [0.2, 0.25) is 0 Å². The van der Waals surface area contributed by atoms with Gasteiger partial charge in [0.1, 0.15) is 0 Å². The summed E-state index contributed by atoms with van der Waals surface area (Å²) in [6.45, 7) is 16.8. The van der Waals surface area contributed by atoms with E-state index in [9.17, 15) is 0 Å². The molecule has 0 aliphatic heterocycles. The Balaban J connectivity index is 3.72. The molecule has 0 amide bonds. The van der Waals surface area contributed by atoms with E-state index in [1.165, 1.54) is 82.6 Å². The second-order valence-electron chi connectivity index (χ2n) is 11.0. The van der Waals surface area contributed by atoms with E-state index in [-0.39, 0.29) is 0 Å². The van der Waals surface area contributed by atoms with Crippen LogP contribution in [-0.4, -0.2) is 31.9 Å². The van der Waals surface area contributed by atoms with Crippen LogP contribution in [0.25, 0.3) is 0 Å². The zero-order valence-electron chi connectivity index (χ0n) is 25.6. The van der Waals surface area contributed by atoms with Gasteiger partial charge in [0.2, 0.25) is 0 Å². The molecule has 0 radical (unpaired) electrons. The molecule has 0 aromatic carbocycles. The van der Waals surface area contributed by atoms with Crippen molar-refractivity contribution in [1.29, 1.82) is 5.41 Å². The standard InChI is InChI=1S/C35H65N3/c1-5-8-9-10-11-12-13-14-15-16-17-18-19-20-21-24-33(4)26-27-34(23-6-2)28-29-35(36)25-22-30-38-32-31-37-7-3/h6,11-12,14-15,34,36-38H,2,4-5,7-10,13,16-32H2,1,3H3/b12-11-,15-14-,36-35?. The van der Waals surface area contributed by atoms with E-state index in [0.29, 0.717) is 5.92 Å². The fraction of sp³-hybridized carbons (Fsp3) is 0.743. The second-order valence-corrected chi connectivity index (χ2v) is 11.0. The molecule has 0 aromatic heterocycles. The van der Waals surface area contributed by atoms with Crippen molar-refractivity contribution >= 4 is 5.71 Å². The quantitative estimate of drug-likeness (QED) is 0.0494. The summed E-state index contributed by atoms with van der Waals surface area (Å²) >= 11 is 0. The summed E-state index contributed by atoms with van der Waals surface area (Å²) < 4.78 is 0. The molecule has 0 spiro atoms. The van der Waals surface area contributed by atoms with E-state index in [2.05, 4.69) is 68.0 Å². The minimum Gasteiger partial charge on any atom is -0.316 e. The molecular formula is C35H65N3. The Hall–Kier alpha value is -1.45. The molecule has 0 rings (SSSR count). The highest BCUT2D eigenvalue weighted by Gasteiger charge is 2.10. The van der Waals surface area contributed by atoms with Crippen LogP contribution in [0.1, 0.15) is 136 Å². The van der Waals surface area contributed by atoms with E-state index in [1.807, 2.05) is 0 Å². The Labute approximate surface area is 238 Å². The fourth-order valence-corrected chi connectivity index (χ4v) is 4.74. The van der Waals surface area contributed by atoms with Gasteiger partial charge in [0.15, 0.2) is 0 Å². The predicted molar refractivity (Wildman–Crippen MR) is 174 cm³/mol. The lowest BCUT2D eigenvalue weighted by Gasteiger charge is -2.16. The van der Waals surface area contributed by atoms with Gasteiger partial charge in [0, 0.05) is 18.8 Å². The van der Waals surface area contributed by atoms with Crippen LogP contribution in [0, 0.1) is 11.3 Å². The van der Waals surface area contributed by atoms with E-state index in [4.69, 9.17) is 5.41 Å². The van der Waals surface area contributed by atoms with Crippen molar-refractivity contribution in [3.8, 4) is 0 Å². The minimum atomic E-state index is 0.646. The summed E-state index contributed by atoms with van der Waals surface area (Å²) in [5.41, 5.74) is 2.33. The maximum absolute atomic E-state index is 8.32. The Kier molecular flexibility index (Phi) is 28.9.